The normalized spacial score (nSPS) is 20.7. The molecule has 1 spiro atoms. The van der Waals surface area contributed by atoms with E-state index in [2.05, 4.69) is 22.9 Å². The van der Waals surface area contributed by atoms with Crippen LogP contribution in [-0.4, -0.2) is 36.9 Å². The molecule has 0 aromatic heterocycles. The molecule has 27 heavy (non-hydrogen) atoms. The lowest BCUT2D eigenvalue weighted by molar-refractivity contribution is -0.125. The quantitative estimate of drug-likeness (QED) is 0.805. The Kier molecular flexibility index (Phi) is 4.08. The van der Waals surface area contributed by atoms with Crippen LogP contribution < -0.4 is 10.6 Å². The van der Waals surface area contributed by atoms with Gasteiger partial charge in [0.2, 0.25) is 5.91 Å². The molecule has 2 aromatic rings. The SMILES string of the molecule is CNC(=O)c1ccc(-c2ccc3c(c2)CC2(CCN(C#N)C2)C(=O)N3)cc1. The lowest BCUT2D eigenvalue weighted by Crippen LogP contribution is -2.43. The first-order chi connectivity index (χ1) is 13.0. The fourth-order valence-corrected chi connectivity index (χ4v) is 3.99. The number of fused-ring (bicyclic) bond motifs is 1. The van der Waals surface area contributed by atoms with Gasteiger partial charge in [0.05, 0.1) is 5.41 Å². The third kappa shape index (κ3) is 2.91. The average Bonchev–Trinajstić information content (AvgIpc) is 3.12. The number of hydrogen-bond donors (Lipinski definition) is 2. The number of rotatable bonds is 2. The van der Waals surface area contributed by atoms with Crippen molar-refractivity contribution < 1.29 is 9.59 Å². The predicted molar refractivity (Wildman–Crippen MR) is 102 cm³/mol. The number of amides is 2. The fraction of sp³-hybridized carbons (Fsp3) is 0.286. The van der Waals surface area contributed by atoms with Crippen molar-refractivity contribution in [3.8, 4) is 17.3 Å². The Morgan fingerprint density at radius 1 is 1.22 bits per heavy atom. The van der Waals surface area contributed by atoms with Gasteiger partial charge in [-0.25, -0.2) is 0 Å². The lowest BCUT2D eigenvalue weighted by Gasteiger charge is -2.33. The van der Waals surface area contributed by atoms with Crippen LogP contribution in [0.1, 0.15) is 22.3 Å². The number of benzene rings is 2. The lowest BCUT2D eigenvalue weighted by atomic mass is 9.76. The predicted octanol–water partition coefficient (Wildman–Crippen LogP) is 2.38. The molecule has 2 amide bonds. The molecule has 4 rings (SSSR count). The van der Waals surface area contributed by atoms with E-state index in [9.17, 15) is 9.59 Å². The van der Waals surface area contributed by atoms with Crippen molar-refractivity contribution in [3.05, 3.63) is 53.6 Å². The van der Waals surface area contributed by atoms with Crippen LogP contribution in [-0.2, 0) is 11.2 Å². The van der Waals surface area contributed by atoms with Crippen molar-refractivity contribution in [2.75, 3.05) is 25.5 Å². The number of carbonyl (C=O) groups excluding carboxylic acids is 2. The van der Waals surface area contributed by atoms with Gasteiger partial charge in [-0.15, -0.1) is 0 Å². The van der Waals surface area contributed by atoms with Gasteiger partial charge in [0, 0.05) is 31.4 Å². The molecule has 6 nitrogen and oxygen atoms in total. The minimum Gasteiger partial charge on any atom is -0.355 e. The smallest absolute Gasteiger partial charge is 0.251 e. The average molecular weight is 360 g/mol. The van der Waals surface area contributed by atoms with E-state index >= 15 is 0 Å². The van der Waals surface area contributed by atoms with Gasteiger partial charge in [0.25, 0.3) is 5.91 Å². The van der Waals surface area contributed by atoms with E-state index in [0.717, 1.165) is 22.4 Å². The summed E-state index contributed by atoms with van der Waals surface area (Å²) in [6.07, 6.45) is 3.48. The van der Waals surface area contributed by atoms with E-state index in [-0.39, 0.29) is 11.8 Å². The summed E-state index contributed by atoms with van der Waals surface area (Å²) < 4.78 is 0. The van der Waals surface area contributed by atoms with Gasteiger partial charge in [0.15, 0.2) is 6.19 Å². The summed E-state index contributed by atoms with van der Waals surface area (Å²) >= 11 is 0. The molecule has 0 aliphatic carbocycles. The van der Waals surface area contributed by atoms with E-state index in [0.29, 0.717) is 31.5 Å². The summed E-state index contributed by atoms with van der Waals surface area (Å²) in [7, 11) is 1.61. The van der Waals surface area contributed by atoms with Gasteiger partial charge >= 0.3 is 0 Å². The van der Waals surface area contributed by atoms with Crippen molar-refractivity contribution >= 4 is 17.5 Å². The molecule has 2 aliphatic heterocycles. The maximum Gasteiger partial charge on any atom is 0.251 e. The summed E-state index contributed by atoms with van der Waals surface area (Å²) in [6, 6.07) is 13.5. The summed E-state index contributed by atoms with van der Waals surface area (Å²) in [6.45, 7) is 1.10. The van der Waals surface area contributed by atoms with Crippen LogP contribution in [0.15, 0.2) is 42.5 Å². The first-order valence-electron chi connectivity index (χ1n) is 8.96. The molecule has 1 fully saturated rings. The monoisotopic (exact) mass is 360 g/mol. The van der Waals surface area contributed by atoms with Gasteiger partial charge in [-0.05, 0) is 53.8 Å². The molecule has 0 radical (unpaired) electrons. The standard InChI is InChI=1S/C21H20N4O2/c1-23-19(26)15-4-2-14(3-5-15)16-6-7-18-17(10-16)11-21(20(27)24-18)8-9-25(12-21)13-22/h2-7,10H,8-9,11-12H2,1H3,(H,23,26)(H,24,27). The first-order valence-corrected chi connectivity index (χ1v) is 8.96. The van der Waals surface area contributed by atoms with Gasteiger partial charge in [0.1, 0.15) is 0 Å². The van der Waals surface area contributed by atoms with Crippen LogP contribution in [0.25, 0.3) is 11.1 Å². The summed E-state index contributed by atoms with van der Waals surface area (Å²) in [5.41, 5.74) is 4.08. The third-order valence-electron chi connectivity index (χ3n) is 5.57. The molecule has 0 bridgehead atoms. The zero-order valence-electron chi connectivity index (χ0n) is 15.1. The van der Waals surface area contributed by atoms with Crippen molar-refractivity contribution in [1.82, 2.24) is 10.2 Å². The fourth-order valence-electron chi connectivity index (χ4n) is 3.99. The third-order valence-corrected chi connectivity index (χ3v) is 5.57. The number of nitrogens with zero attached hydrogens (tertiary/aromatic N) is 2. The zero-order chi connectivity index (χ0) is 19.0. The summed E-state index contributed by atoms with van der Waals surface area (Å²) in [5, 5.41) is 14.8. The second-order valence-electron chi connectivity index (χ2n) is 7.21. The highest BCUT2D eigenvalue weighted by Gasteiger charge is 2.47. The van der Waals surface area contributed by atoms with Crippen molar-refractivity contribution in [3.63, 3.8) is 0 Å². The zero-order valence-corrected chi connectivity index (χ0v) is 15.1. The Hall–Kier alpha value is -3.33. The number of likely N-dealkylation sites (tertiary alicyclic amines) is 1. The highest BCUT2D eigenvalue weighted by atomic mass is 16.2. The molecular weight excluding hydrogens is 340 g/mol. The molecule has 2 aliphatic rings. The molecule has 2 aromatic carbocycles. The number of anilines is 1. The van der Waals surface area contributed by atoms with E-state index in [4.69, 9.17) is 5.26 Å². The van der Waals surface area contributed by atoms with E-state index in [1.807, 2.05) is 24.3 Å². The topological polar surface area (TPSA) is 85.2 Å². The number of nitriles is 1. The minimum absolute atomic E-state index is 0.00966. The molecule has 136 valence electrons. The second kappa shape index (κ2) is 6.44. The Bertz CT molecular complexity index is 961. The van der Waals surface area contributed by atoms with Crippen molar-refractivity contribution in [2.45, 2.75) is 12.8 Å². The number of nitrogens with one attached hydrogen (secondary N) is 2. The summed E-state index contributed by atoms with van der Waals surface area (Å²) in [4.78, 5) is 26.0. The van der Waals surface area contributed by atoms with E-state index < -0.39 is 5.41 Å². The van der Waals surface area contributed by atoms with Gasteiger partial charge in [-0.1, -0.05) is 18.2 Å². The van der Waals surface area contributed by atoms with Gasteiger partial charge in [-0.3, -0.25) is 9.59 Å². The summed E-state index contributed by atoms with van der Waals surface area (Å²) in [5.74, 6) is -0.102. The maximum absolute atomic E-state index is 12.6. The largest absolute Gasteiger partial charge is 0.355 e. The maximum atomic E-state index is 12.6. The molecule has 2 heterocycles. The molecular formula is C21H20N4O2. The molecule has 6 heteroatoms. The molecule has 0 saturated carbocycles. The van der Waals surface area contributed by atoms with Crippen LogP contribution in [0.3, 0.4) is 0 Å². The minimum atomic E-state index is -0.523. The first kappa shape index (κ1) is 17.1. The molecule has 1 unspecified atom stereocenters. The van der Waals surface area contributed by atoms with Crippen molar-refractivity contribution in [2.24, 2.45) is 5.41 Å². The van der Waals surface area contributed by atoms with Gasteiger partial charge < -0.3 is 15.5 Å². The second-order valence-corrected chi connectivity index (χ2v) is 7.21. The van der Waals surface area contributed by atoms with E-state index in [1.54, 1.807) is 24.1 Å². The van der Waals surface area contributed by atoms with Crippen LogP contribution in [0.5, 0.6) is 0 Å². The Labute approximate surface area is 157 Å². The number of hydrogen-bond acceptors (Lipinski definition) is 4. The molecule has 1 atom stereocenters. The van der Waals surface area contributed by atoms with Crippen LogP contribution in [0.2, 0.25) is 0 Å². The van der Waals surface area contributed by atoms with E-state index in [1.165, 1.54) is 0 Å². The van der Waals surface area contributed by atoms with Crippen LogP contribution in [0.4, 0.5) is 5.69 Å². The number of carbonyl (C=O) groups is 2. The highest BCUT2D eigenvalue weighted by Crippen LogP contribution is 2.41. The Morgan fingerprint density at radius 3 is 2.63 bits per heavy atom. The Morgan fingerprint density at radius 2 is 1.96 bits per heavy atom. The molecule has 1 saturated heterocycles. The molecule has 2 N–H and O–H groups in total. The van der Waals surface area contributed by atoms with Gasteiger partial charge in [-0.2, -0.15) is 5.26 Å². The highest BCUT2D eigenvalue weighted by molar-refractivity contribution is 5.99. The van der Waals surface area contributed by atoms with Crippen molar-refractivity contribution in [1.29, 1.82) is 5.26 Å². The van der Waals surface area contributed by atoms with Crippen LogP contribution in [0, 0.1) is 16.9 Å². The Balaban J connectivity index is 1.64. The van der Waals surface area contributed by atoms with Crippen LogP contribution >= 0.6 is 0 Å².